The molecule has 0 unspecified atom stereocenters. The lowest BCUT2D eigenvalue weighted by molar-refractivity contribution is 0.0954. The first-order valence-electron chi connectivity index (χ1n) is 6.08. The summed E-state index contributed by atoms with van der Waals surface area (Å²) in [5.74, 6) is 0.647. The number of H-pyrrole nitrogens is 1. The molecule has 0 radical (unpaired) electrons. The minimum Gasteiger partial charge on any atom is -0.352 e. The average Bonchev–Trinajstić information content (AvgIpc) is 2.92. The zero-order chi connectivity index (χ0) is 14.4. The van der Waals surface area contributed by atoms with Crippen molar-refractivity contribution < 1.29 is 9.59 Å². The van der Waals surface area contributed by atoms with Gasteiger partial charge >= 0.3 is 6.03 Å². The molecular weight excluding hydrogens is 258 g/mol. The Kier molecular flexibility index (Phi) is 4.33. The number of amides is 3. The van der Waals surface area contributed by atoms with E-state index in [9.17, 15) is 9.59 Å². The number of nitrogens with one attached hydrogen (secondary N) is 3. The van der Waals surface area contributed by atoms with Gasteiger partial charge in [-0.1, -0.05) is 0 Å². The number of hydrogen-bond donors (Lipinski definition) is 4. The van der Waals surface area contributed by atoms with Crippen LogP contribution >= 0.6 is 0 Å². The second-order valence-electron chi connectivity index (χ2n) is 4.11. The molecule has 0 aliphatic carbocycles. The summed E-state index contributed by atoms with van der Waals surface area (Å²) in [6, 6.07) is 5.83. The number of nitrogens with zero attached hydrogens (tertiary/aromatic N) is 1. The maximum atomic E-state index is 11.9. The number of aromatic amines is 1. The number of primary amides is 1. The Balaban J connectivity index is 1.84. The molecule has 0 saturated heterocycles. The van der Waals surface area contributed by atoms with Crippen LogP contribution < -0.4 is 16.4 Å². The third-order valence-electron chi connectivity index (χ3n) is 2.62. The molecule has 2 rings (SSSR count). The Morgan fingerprint density at radius 1 is 1.25 bits per heavy atom. The van der Waals surface area contributed by atoms with E-state index in [0.717, 1.165) is 5.82 Å². The molecule has 1 heterocycles. The molecule has 20 heavy (non-hydrogen) atoms. The second kappa shape index (κ2) is 6.37. The fourth-order valence-corrected chi connectivity index (χ4v) is 1.68. The number of nitrogens with two attached hydrogens (primary N) is 1. The average molecular weight is 273 g/mol. The molecule has 7 nitrogen and oxygen atoms in total. The third-order valence-corrected chi connectivity index (χ3v) is 2.62. The topological polar surface area (TPSA) is 113 Å². The van der Waals surface area contributed by atoms with Crippen LogP contribution in [-0.2, 0) is 6.42 Å². The zero-order valence-electron chi connectivity index (χ0n) is 10.7. The van der Waals surface area contributed by atoms with Gasteiger partial charge in [-0.15, -0.1) is 0 Å². The molecule has 0 aliphatic rings. The minimum absolute atomic E-state index is 0.179. The lowest BCUT2D eigenvalue weighted by Crippen LogP contribution is -2.26. The van der Waals surface area contributed by atoms with Crippen molar-refractivity contribution in [1.82, 2.24) is 15.3 Å². The molecule has 0 spiro atoms. The van der Waals surface area contributed by atoms with Crippen molar-refractivity contribution in [3.63, 3.8) is 0 Å². The highest BCUT2D eigenvalue weighted by atomic mass is 16.2. The molecule has 1 aromatic heterocycles. The first-order valence-corrected chi connectivity index (χ1v) is 6.08. The van der Waals surface area contributed by atoms with Crippen molar-refractivity contribution >= 4 is 17.6 Å². The number of rotatable bonds is 5. The largest absolute Gasteiger partial charge is 0.352 e. The Morgan fingerprint density at radius 3 is 2.60 bits per heavy atom. The Morgan fingerprint density at radius 2 is 2.00 bits per heavy atom. The Labute approximate surface area is 115 Å². The molecule has 0 saturated carbocycles. The van der Waals surface area contributed by atoms with Crippen LogP contribution in [0.1, 0.15) is 16.2 Å². The molecule has 0 aliphatic heterocycles. The number of urea groups is 1. The molecule has 0 fully saturated rings. The highest BCUT2D eigenvalue weighted by Gasteiger charge is 2.05. The third kappa shape index (κ3) is 3.84. The maximum absolute atomic E-state index is 11.9. The quantitative estimate of drug-likeness (QED) is 0.648. The lowest BCUT2D eigenvalue weighted by atomic mass is 10.2. The van der Waals surface area contributed by atoms with Gasteiger partial charge in [-0.05, 0) is 24.3 Å². The molecular formula is C13H15N5O2. The van der Waals surface area contributed by atoms with Gasteiger partial charge in [0, 0.05) is 36.6 Å². The Hall–Kier alpha value is -2.83. The SMILES string of the molecule is NC(=O)Nc1ccc(C(=O)NCCc2ncc[nH]2)cc1. The number of benzene rings is 1. The fraction of sp³-hybridized carbons (Fsp3) is 0.154. The van der Waals surface area contributed by atoms with Gasteiger partial charge in [0.1, 0.15) is 5.82 Å². The fourth-order valence-electron chi connectivity index (χ4n) is 1.68. The summed E-state index contributed by atoms with van der Waals surface area (Å²) < 4.78 is 0. The number of aromatic nitrogens is 2. The van der Waals surface area contributed by atoms with Crippen LogP contribution in [0.2, 0.25) is 0 Å². The first-order chi connectivity index (χ1) is 9.65. The summed E-state index contributed by atoms with van der Waals surface area (Å²) in [5, 5.41) is 5.21. The monoisotopic (exact) mass is 273 g/mol. The number of carbonyl (C=O) groups is 2. The summed E-state index contributed by atoms with van der Waals surface area (Å²) in [6.45, 7) is 0.494. The van der Waals surface area contributed by atoms with Gasteiger partial charge in [-0.2, -0.15) is 0 Å². The van der Waals surface area contributed by atoms with E-state index >= 15 is 0 Å². The van der Waals surface area contributed by atoms with Gasteiger partial charge in [-0.25, -0.2) is 9.78 Å². The van der Waals surface area contributed by atoms with Crippen LogP contribution in [0.5, 0.6) is 0 Å². The van der Waals surface area contributed by atoms with E-state index in [1.54, 1.807) is 36.7 Å². The predicted octanol–water partition coefficient (Wildman–Crippen LogP) is 0.873. The predicted molar refractivity (Wildman–Crippen MR) is 74.3 cm³/mol. The van der Waals surface area contributed by atoms with E-state index in [-0.39, 0.29) is 5.91 Å². The number of hydrogen-bond acceptors (Lipinski definition) is 3. The summed E-state index contributed by atoms with van der Waals surface area (Å²) in [7, 11) is 0. The molecule has 104 valence electrons. The van der Waals surface area contributed by atoms with Gasteiger partial charge in [0.05, 0.1) is 0 Å². The van der Waals surface area contributed by atoms with Gasteiger partial charge in [0.15, 0.2) is 0 Å². The van der Waals surface area contributed by atoms with E-state index in [2.05, 4.69) is 20.6 Å². The lowest BCUT2D eigenvalue weighted by Gasteiger charge is -2.05. The van der Waals surface area contributed by atoms with Crippen LogP contribution in [0.3, 0.4) is 0 Å². The van der Waals surface area contributed by atoms with Crippen LogP contribution in [0.4, 0.5) is 10.5 Å². The van der Waals surface area contributed by atoms with Crippen LogP contribution in [-0.4, -0.2) is 28.5 Å². The van der Waals surface area contributed by atoms with Crippen molar-refractivity contribution in [3.8, 4) is 0 Å². The molecule has 7 heteroatoms. The van der Waals surface area contributed by atoms with Crippen molar-refractivity contribution in [2.45, 2.75) is 6.42 Å². The smallest absolute Gasteiger partial charge is 0.316 e. The molecule has 0 bridgehead atoms. The molecule has 5 N–H and O–H groups in total. The normalized spacial score (nSPS) is 10.0. The van der Waals surface area contributed by atoms with Crippen molar-refractivity contribution in [2.24, 2.45) is 5.73 Å². The standard InChI is InChI=1S/C13H15N5O2/c14-13(20)18-10-3-1-9(2-4-10)12(19)17-6-5-11-15-7-8-16-11/h1-4,7-8H,5-6H2,(H,15,16)(H,17,19)(H3,14,18,20). The van der Waals surface area contributed by atoms with Crippen LogP contribution in [0.25, 0.3) is 0 Å². The molecule has 3 amide bonds. The summed E-state index contributed by atoms with van der Waals surface area (Å²) in [6.07, 6.45) is 4.04. The van der Waals surface area contributed by atoms with E-state index in [1.165, 1.54) is 0 Å². The van der Waals surface area contributed by atoms with Crippen molar-refractivity contribution in [2.75, 3.05) is 11.9 Å². The number of carbonyl (C=O) groups excluding carboxylic acids is 2. The zero-order valence-corrected chi connectivity index (χ0v) is 10.7. The summed E-state index contributed by atoms with van der Waals surface area (Å²) in [4.78, 5) is 29.5. The maximum Gasteiger partial charge on any atom is 0.316 e. The van der Waals surface area contributed by atoms with Gasteiger partial charge in [0.25, 0.3) is 5.91 Å². The van der Waals surface area contributed by atoms with Crippen LogP contribution in [0, 0.1) is 0 Å². The van der Waals surface area contributed by atoms with E-state index in [0.29, 0.717) is 24.2 Å². The summed E-state index contributed by atoms with van der Waals surface area (Å²) in [5.41, 5.74) is 6.06. The molecule has 2 aromatic rings. The van der Waals surface area contributed by atoms with E-state index in [1.807, 2.05) is 0 Å². The highest BCUT2D eigenvalue weighted by molar-refractivity contribution is 5.95. The van der Waals surface area contributed by atoms with Gasteiger partial charge in [-0.3, -0.25) is 4.79 Å². The first kappa shape index (κ1) is 13.6. The van der Waals surface area contributed by atoms with E-state index < -0.39 is 6.03 Å². The second-order valence-corrected chi connectivity index (χ2v) is 4.11. The van der Waals surface area contributed by atoms with Crippen LogP contribution in [0.15, 0.2) is 36.7 Å². The molecule has 1 aromatic carbocycles. The number of anilines is 1. The van der Waals surface area contributed by atoms with Gasteiger partial charge in [0.2, 0.25) is 0 Å². The summed E-state index contributed by atoms with van der Waals surface area (Å²) >= 11 is 0. The van der Waals surface area contributed by atoms with E-state index in [4.69, 9.17) is 5.73 Å². The number of imidazole rings is 1. The van der Waals surface area contributed by atoms with Gasteiger partial charge < -0.3 is 21.4 Å². The van der Waals surface area contributed by atoms with Crippen molar-refractivity contribution in [3.05, 3.63) is 48.0 Å². The Bertz CT molecular complexity index is 577. The van der Waals surface area contributed by atoms with Crippen molar-refractivity contribution in [1.29, 1.82) is 0 Å². The molecule has 0 atom stereocenters. The minimum atomic E-state index is -0.638. The highest BCUT2D eigenvalue weighted by Crippen LogP contribution is 2.09.